The number of hydrogen-bond acceptors (Lipinski definition) is 10. The van der Waals surface area contributed by atoms with E-state index in [1.54, 1.807) is 24.3 Å². The molecule has 0 saturated heterocycles. The summed E-state index contributed by atoms with van der Waals surface area (Å²) in [4.78, 5) is 41.7. The zero-order valence-corrected chi connectivity index (χ0v) is 34.2. The van der Waals surface area contributed by atoms with Crippen molar-refractivity contribution in [2.24, 2.45) is 11.5 Å². The number of anilines is 2. The number of amides is 2. The molecule has 0 radical (unpaired) electrons. The molecule has 14 nitrogen and oxygen atoms in total. The van der Waals surface area contributed by atoms with Crippen LogP contribution in [0.15, 0.2) is 122 Å². The fourth-order valence-corrected chi connectivity index (χ4v) is 6.86. The second-order valence-electron chi connectivity index (χ2n) is 16.1. The molecule has 60 heavy (non-hydrogen) atoms. The Morgan fingerprint density at radius 1 is 0.533 bits per heavy atom. The molecule has 4 heterocycles. The number of carbonyl (C=O) groups excluding carboxylic acids is 2. The molecule has 2 amide bonds. The monoisotopic (exact) mass is 802 g/mol. The van der Waals surface area contributed by atoms with E-state index in [-0.39, 0.29) is 16.6 Å². The number of nitrogen functional groups attached to an aromatic ring is 2. The minimum Gasteiger partial charge on any atom is -0.457 e. The summed E-state index contributed by atoms with van der Waals surface area (Å²) in [5.41, 5.74) is 28.4. The summed E-state index contributed by atoms with van der Waals surface area (Å²) >= 11 is 0. The van der Waals surface area contributed by atoms with Gasteiger partial charge in [-0.05, 0) is 107 Å². The molecular formula is C46H46N10O4. The van der Waals surface area contributed by atoms with E-state index in [9.17, 15) is 9.59 Å². The number of hydrogen-bond donors (Lipinski definition) is 4. The fourth-order valence-electron chi connectivity index (χ4n) is 6.86. The molecule has 0 aliphatic carbocycles. The smallest absolute Gasteiger partial charge is 0.252 e. The van der Waals surface area contributed by atoms with E-state index in [1.165, 1.54) is 12.7 Å². The van der Waals surface area contributed by atoms with Crippen LogP contribution in [-0.4, -0.2) is 40.9 Å². The summed E-state index contributed by atoms with van der Waals surface area (Å²) in [5.74, 6) is 1.78. The molecule has 0 aliphatic heterocycles. The maximum Gasteiger partial charge on any atom is 0.252 e. The summed E-state index contributed by atoms with van der Waals surface area (Å²) in [6.45, 7) is 12.5. The number of fused-ring (bicyclic) bond motifs is 2. The van der Waals surface area contributed by atoms with E-state index in [4.69, 9.17) is 32.4 Å². The van der Waals surface area contributed by atoms with Crippen LogP contribution in [-0.2, 0) is 11.1 Å². The number of primary amides is 2. The van der Waals surface area contributed by atoms with Crippen LogP contribution in [0.1, 0.15) is 62.3 Å². The Kier molecular flexibility index (Phi) is 10.7. The van der Waals surface area contributed by atoms with Crippen LogP contribution in [0.25, 0.3) is 44.3 Å². The lowest BCUT2D eigenvalue weighted by Gasteiger charge is -2.21. The van der Waals surface area contributed by atoms with Crippen molar-refractivity contribution >= 4 is 45.5 Å². The van der Waals surface area contributed by atoms with Crippen LogP contribution in [0.4, 0.5) is 11.6 Å². The Hall–Kier alpha value is -7.74. The molecule has 0 saturated carbocycles. The Morgan fingerprint density at radius 3 is 1.55 bits per heavy atom. The van der Waals surface area contributed by atoms with Gasteiger partial charge in [0.05, 0.1) is 21.9 Å². The van der Waals surface area contributed by atoms with Gasteiger partial charge in [0.15, 0.2) is 0 Å². The molecule has 0 fully saturated rings. The topological polar surface area (TPSA) is 218 Å². The molecule has 0 unspecified atom stereocenters. The molecule has 0 atom stereocenters. The first-order valence-corrected chi connectivity index (χ1v) is 19.1. The lowest BCUT2D eigenvalue weighted by Crippen LogP contribution is -2.21. The zero-order chi connectivity index (χ0) is 42.9. The van der Waals surface area contributed by atoms with Crippen molar-refractivity contribution in [1.29, 1.82) is 0 Å². The minimum atomic E-state index is -0.577. The molecule has 4 aromatic heterocycles. The third kappa shape index (κ3) is 8.16. The van der Waals surface area contributed by atoms with Crippen molar-refractivity contribution < 1.29 is 19.1 Å². The van der Waals surface area contributed by atoms with Crippen molar-refractivity contribution in [1.82, 2.24) is 29.1 Å². The standard InChI is InChI=1S/2C23H23N5O2/c1-23(2,3)28-12-17(19-20(24)26-13-27-22(19)28)14-9-10-18(16(11-14)21(25)29)30-15-7-5-4-6-8-15;1-23(2,3)28-12-18(19-20(24)26-13-27-22(19)28)16-10-9-15(11-17(16)21(25)29)30-14-7-5-4-6-8-14/h2*4-13H,1-3H3,(H2,25,29)(H2,24,26,27). The van der Waals surface area contributed by atoms with Gasteiger partial charge < -0.3 is 41.5 Å². The van der Waals surface area contributed by atoms with Gasteiger partial charge in [0, 0.05) is 34.6 Å². The number of aromatic nitrogens is 6. The molecule has 0 spiro atoms. The van der Waals surface area contributed by atoms with E-state index in [0.29, 0.717) is 56.8 Å². The van der Waals surface area contributed by atoms with Crippen LogP contribution in [0.5, 0.6) is 23.0 Å². The highest BCUT2D eigenvalue weighted by atomic mass is 16.5. The normalized spacial score (nSPS) is 11.6. The van der Waals surface area contributed by atoms with Gasteiger partial charge in [-0.3, -0.25) is 9.59 Å². The van der Waals surface area contributed by atoms with E-state index >= 15 is 0 Å². The van der Waals surface area contributed by atoms with Gasteiger partial charge in [0.1, 0.15) is 58.6 Å². The highest BCUT2D eigenvalue weighted by molar-refractivity contribution is 6.08. The number of benzene rings is 4. The molecule has 14 heteroatoms. The van der Waals surface area contributed by atoms with Crippen LogP contribution < -0.4 is 32.4 Å². The van der Waals surface area contributed by atoms with E-state index in [1.807, 2.05) is 94.3 Å². The minimum absolute atomic E-state index is 0.222. The lowest BCUT2D eigenvalue weighted by atomic mass is 9.99. The Balaban J connectivity index is 0.000000181. The van der Waals surface area contributed by atoms with Gasteiger partial charge >= 0.3 is 0 Å². The summed E-state index contributed by atoms with van der Waals surface area (Å²) in [5, 5.41) is 1.42. The molecular weight excluding hydrogens is 757 g/mol. The van der Waals surface area contributed by atoms with E-state index in [2.05, 4.69) is 61.5 Å². The maximum absolute atomic E-state index is 12.3. The van der Waals surface area contributed by atoms with Crippen molar-refractivity contribution in [3.8, 4) is 45.3 Å². The number of para-hydroxylation sites is 2. The second kappa shape index (κ2) is 15.9. The predicted molar refractivity (Wildman–Crippen MR) is 235 cm³/mol. The number of nitrogens with two attached hydrogens (primary N) is 4. The summed E-state index contributed by atoms with van der Waals surface area (Å²) in [6, 6.07) is 29.2. The first-order chi connectivity index (χ1) is 28.5. The average Bonchev–Trinajstić information content (AvgIpc) is 3.81. The quantitative estimate of drug-likeness (QED) is 0.115. The van der Waals surface area contributed by atoms with E-state index < -0.39 is 11.8 Å². The maximum atomic E-state index is 12.3. The van der Waals surface area contributed by atoms with Gasteiger partial charge in [-0.25, -0.2) is 19.9 Å². The number of rotatable bonds is 8. The molecule has 8 rings (SSSR count). The molecule has 8 N–H and O–H groups in total. The van der Waals surface area contributed by atoms with Crippen molar-refractivity contribution in [2.45, 2.75) is 52.6 Å². The molecule has 0 aliphatic rings. The summed E-state index contributed by atoms with van der Waals surface area (Å²) < 4.78 is 15.8. The fraction of sp³-hybridized carbons (Fsp3) is 0.174. The summed E-state index contributed by atoms with van der Waals surface area (Å²) in [7, 11) is 0. The third-order valence-corrected chi connectivity index (χ3v) is 9.72. The number of ether oxygens (including phenoxy) is 2. The lowest BCUT2D eigenvalue weighted by molar-refractivity contribution is 0.0990. The molecule has 8 aromatic rings. The third-order valence-electron chi connectivity index (χ3n) is 9.72. The van der Waals surface area contributed by atoms with Crippen LogP contribution in [0, 0.1) is 0 Å². The van der Waals surface area contributed by atoms with Crippen molar-refractivity contribution in [3.05, 3.63) is 133 Å². The first kappa shape index (κ1) is 40.5. The summed E-state index contributed by atoms with van der Waals surface area (Å²) in [6.07, 6.45) is 6.81. The number of nitrogens with zero attached hydrogens (tertiary/aromatic N) is 6. The van der Waals surface area contributed by atoms with Gasteiger partial charge in [0.25, 0.3) is 5.91 Å². The largest absolute Gasteiger partial charge is 0.457 e. The first-order valence-electron chi connectivity index (χ1n) is 19.1. The Bertz CT molecular complexity index is 2870. The Labute approximate surface area is 346 Å². The van der Waals surface area contributed by atoms with E-state index in [0.717, 1.165) is 27.7 Å². The Morgan fingerprint density at radius 2 is 1.03 bits per heavy atom. The second-order valence-corrected chi connectivity index (χ2v) is 16.1. The highest BCUT2D eigenvalue weighted by Crippen LogP contribution is 2.40. The molecule has 4 aromatic carbocycles. The van der Waals surface area contributed by atoms with Gasteiger partial charge in [-0.1, -0.05) is 42.5 Å². The van der Waals surface area contributed by atoms with Crippen LogP contribution in [0.2, 0.25) is 0 Å². The highest BCUT2D eigenvalue weighted by Gasteiger charge is 2.25. The van der Waals surface area contributed by atoms with Gasteiger partial charge in [-0.15, -0.1) is 0 Å². The van der Waals surface area contributed by atoms with Crippen molar-refractivity contribution in [3.63, 3.8) is 0 Å². The molecule has 0 bridgehead atoms. The SMILES string of the molecule is CC(C)(C)n1cc(-c2ccc(Oc3ccccc3)c(C(N)=O)c2)c2c(N)ncnc21.CC(C)(C)n1cc(-c2ccc(Oc3ccccc3)cc2C(N)=O)c2c(N)ncnc21. The van der Waals surface area contributed by atoms with Crippen molar-refractivity contribution in [2.75, 3.05) is 11.5 Å². The molecule has 304 valence electrons. The number of carbonyl (C=O) groups is 2. The predicted octanol–water partition coefficient (Wildman–Crippen LogP) is 8.65. The van der Waals surface area contributed by atoms with Crippen LogP contribution >= 0.6 is 0 Å². The average molecular weight is 803 g/mol. The van der Waals surface area contributed by atoms with Gasteiger partial charge in [0.2, 0.25) is 5.91 Å². The zero-order valence-electron chi connectivity index (χ0n) is 34.2. The van der Waals surface area contributed by atoms with Gasteiger partial charge in [-0.2, -0.15) is 0 Å². The van der Waals surface area contributed by atoms with Crippen LogP contribution in [0.3, 0.4) is 0 Å².